The number of fused-ring (bicyclic) bond motifs is 1. The number of hydrogen-bond donors (Lipinski definition) is 1. The Morgan fingerprint density at radius 2 is 1.97 bits per heavy atom. The molecule has 2 aliphatic rings. The van der Waals surface area contributed by atoms with Crippen LogP contribution in [-0.2, 0) is 15.9 Å². The van der Waals surface area contributed by atoms with Crippen LogP contribution in [0.4, 0.5) is 14.9 Å². The third kappa shape index (κ3) is 5.85. The molecule has 0 aliphatic carbocycles. The van der Waals surface area contributed by atoms with Gasteiger partial charge in [0.1, 0.15) is 11.9 Å². The minimum Gasteiger partial charge on any atom is -0.444 e. The Bertz CT molecular complexity index is 731. The molecule has 1 aromatic rings. The van der Waals surface area contributed by atoms with Crippen LogP contribution in [0, 0.1) is 17.2 Å². The van der Waals surface area contributed by atoms with E-state index in [0.717, 1.165) is 63.5 Å². The predicted molar refractivity (Wildman–Crippen MR) is 116 cm³/mol. The van der Waals surface area contributed by atoms with E-state index >= 15 is 0 Å². The molecule has 2 aliphatic heterocycles. The van der Waals surface area contributed by atoms with Crippen LogP contribution in [0.1, 0.15) is 39.7 Å². The summed E-state index contributed by atoms with van der Waals surface area (Å²) in [6, 6.07) is 4.93. The first kappa shape index (κ1) is 22.8. The highest BCUT2D eigenvalue weighted by Gasteiger charge is 2.39. The van der Waals surface area contributed by atoms with Crippen LogP contribution in [0.3, 0.4) is 0 Å². The lowest BCUT2D eigenvalue weighted by Crippen LogP contribution is -2.53. The maximum atomic E-state index is 13.8. The van der Waals surface area contributed by atoms with E-state index in [2.05, 4.69) is 30.6 Å². The largest absolute Gasteiger partial charge is 0.444 e. The van der Waals surface area contributed by atoms with Gasteiger partial charge >= 0.3 is 6.09 Å². The fourth-order valence-electron chi connectivity index (χ4n) is 5.04. The van der Waals surface area contributed by atoms with Crippen LogP contribution >= 0.6 is 0 Å². The Kier molecular flexibility index (Phi) is 7.24. The van der Waals surface area contributed by atoms with E-state index in [-0.39, 0.29) is 29.3 Å². The average molecular weight is 422 g/mol. The fourth-order valence-corrected chi connectivity index (χ4v) is 5.04. The zero-order valence-corrected chi connectivity index (χ0v) is 18.7. The van der Waals surface area contributed by atoms with Crippen molar-refractivity contribution in [1.82, 2.24) is 4.90 Å². The number of carbonyl (C=O) groups is 1. The zero-order valence-electron chi connectivity index (χ0n) is 18.7. The number of ether oxygens (including phenoxy) is 2. The van der Waals surface area contributed by atoms with E-state index in [1.165, 1.54) is 6.07 Å². The molecule has 1 fully saturated rings. The second kappa shape index (κ2) is 9.52. The Hall–Kier alpha value is -1.86. The van der Waals surface area contributed by atoms with E-state index < -0.39 is 6.09 Å². The molecule has 3 atom stereocenters. The van der Waals surface area contributed by atoms with Gasteiger partial charge in [0, 0.05) is 31.9 Å². The Morgan fingerprint density at radius 3 is 2.60 bits per heavy atom. The van der Waals surface area contributed by atoms with E-state index in [1.807, 2.05) is 13.0 Å². The normalized spacial score (nSPS) is 20.5. The summed E-state index contributed by atoms with van der Waals surface area (Å²) in [5.41, 5.74) is 7.54. The highest BCUT2D eigenvalue weighted by Crippen LogP contribution is 2.37. The summed E-state index contributed by atoms with van der Waals surface area (Å²) >= 11 is 0. The minimum atomic E-state index is -0.757. The standard InChI is InChI=1S/C23H36FN3O3/c1-16(30-22(25)28)21(27-8-7-17-13-19(24)5-6-20(17)27)18(14-23(2,3)4)15-26-9-11-29-12-10-26/h5-6,13,16,18,21H,7-12,14-15H2,1-4H3,(H2,25,28)/t16?,18-,21-/m0/s1. The van der Waals surface area contributed by atoms with Crippen molar-refractivity contribution in [2.75, 3.05) is 44.3 Å². The highest BCUT2D eigenvalue weighted by molar-refractivity contribution is 5.65. The average Bonchev–Trinajstić information content (AvgIpc) is 3.03. The lowest BCUT2D eigenvalue weighted by atomic mass is 9.79. The Balaban J connectivity index is 1.93. The lowest BCUT2D eigenvalue weighted by Gasteiger charge is -2.43. The van der Waals surface area contributed by atoms with Crippen molar-refractivity contribution in [3.63, 3.8) is 0 Å². The second-order valence-corrected chi connectivity index (χ2v) is 9.79. The van der Waals surface area contributed by atoms with Gasteiger partial charge in [-0.1, -0.05) is 20.8 Å². The van der Waals surface area contributed by atoms with Crippen molar-refractivity contribution in [3.8, 4) is 0 Å². The van der Waals surface area contributed by atoms with E-state index in [4.69, 9.17) is 15.2 Å². The molecule has 30 heavy (non-hydrogen) atoms. The molecule has 0 aromatic heterocycles. The third-order valence-corrected chi connectivity index (χ3v) is 6.07. The van der Waals surface area contributed by atoms with Gasteiger partial charge in [-0.3, -0.25) is 4.90 Å². The molecule has 3 rings (SSSR count). The van der Waals surface area contributed by atoms with Crippen LogP contribution < -0.4 is 10.6 Å². The number of nitrogens with zero attached hydrogens (tertiary/aromatic N) is 2. The molecule has 0 spiro atoms. The number of nitrogens with two attached hydrogens (primary N) is 1. The molecule has 0 saturated carbocycles. The first-order chi connectivity index (χ1) is 14.1. The second-order valence-electron chi connectivity index (χ2n) is 9.79. The molecule has 1 unspecified atom stereocenters. The monoisotopic (exact) mass is 421 g/mol. The summed E-state index contributed by atoms with van der Waals surface area (Å²) in [6.45, 7) is 13.6. The lowest BCUT2D eigenvalue weighted by molar-refractivity contribution is 0.0150. The van der Waals surface area contributed by atoms with Crippen LogP contribution in [-0.4, -0.2) is 62.5 Å². The van der Waals surface area contributed by atoms with E-state index in [1.54, 1.807) is 6.07 Å². The van der Waals surface area contributed by atoms with Crippen molar-refractivity contribution >= 4 is 11.8 Å². The van der Waals surface area contributed by atoms with Gasteiger partial charge in [0.2, 0.25) is 0 Å². The number of carbonyl (C=O) groups excluding carboxylic acids is 1. The number of anilines is 1. The number of halogens is 1. The molecule has 1 amide bonds. The van der Waals surface area contributed by atoms with Crippen LogP contribution in [0.15, 0.2) is 18.2 Å². The summed E-state index contributed by atoms with van der Waals surface area (Å²) in [6.07, 6.45) is 0.611. The third-order valence-electron chi connectivity index (χ3n) is 6.07. The summed E-state index contributed by atoms with van der Waals surface area (Å²) in [7, 11) is 0. The summed E-state index contributed by atoms with van der Waals surface area (Å²) in [5.74, 6) is 0.0293. The van der Waals surface area contributed by atoms with Gasteiger partial charge in [-0.2, -0.15) is 0 Å². The molecule has 2 heterocycles. The minimum absolute atomic E-state index is 0.0497. The van der Waals surface area contributed by atoms with Crippen molar-refractivity contribution < 1.29 is 18.7 Å². The van der Waals surface area contributed by atoms with Crippen molar-refractivity contribution in [2.24, 2.45) is 17.1 Å². The molecule has 2 N–H and O–H groups in total. The van der Waals surface area contributed by atoms with Gasteiger partial charge in [0.05, 0.1) is 19.3 Å². The van der Waals surface area contributed by atoms with Crippen LogP contribution in [0.25, 0.3) is 0 Å². The van der Waals surface area contributed by atoms with E-state index in [9.17, 15) is 9.18 Å². The number of primary amides is 1. The van der Waals surface area contributed by atoms with Crippen molar-refractivity contribution in [3.05, 3.63) is 29.6 Å². The van der Waals surface area contributed by atoms with Gasteiger partial charge < -0.3 is 20.1 Å². The summed E-state index contributed by atoms with van der Waals surface area (Å²) in [5, 5.41) is 0. The van der Waals surface area contributed by atoms with Gasteiger partial charge in [0.15, 0.2) is 0 Å². The molecule has 6 nitrogen and oxygen atoms in total. The SMILES string of the molecule is CC(OC(N)=O)[C@@H]([C@H](CN1CCOCC1)CC(C)(C)C)N1CCc2cc(F)ccc21. The smallest absolute Gasteiger partial charge is 0.404 e. The van der Waals surface area contributed by atoms with Crippen molar-refractivity contribution in [1.29, 1.82) is 0 Å². The van der Waals surface area contributed by atoms with E-state index in [0.29, 0.717) is 0 Å². The quantitative estimate of drug-likeness (QED) is 0.731. The summed E-state index contributed by atoms with van der Waals surface area (Å²) in [4.78, 5) is 16.4. The molecule has 0 radical (unpaired) electrons. The Labute approximate surface area is 179 Å². The Morgan fingerprint density at radius 1 is 1.27 bits per heavy atom. The molecule has 168 valence electrons. The molecular weight excluding hydrogens is 385 g/mol. The van der Waals surface area contributed by atoms with Gasteiger partial charge in [-0.05, 0) is 54.9 Å². The first-order valence-corrected chi connectivity index (χ1v) is 11.0. The molecular formula is C23H36FN3O3. The van der Waals surface area contributed by atoms with Gasteiger partial charge in [-0.15, -0.1) is 0 Å². The van der Waals surface area contributed by atoms with Crippen LogP contribution in [0.2, 0.25) is 0 Å². The van der Waals surface area contributed by atoms with Crippen LogP contribution in [0.5, 0.6) is 0 Å². The maximum Gasteiger partial charge on any atom is 0.404 e. The molecule has 0 bridgehead atoms. The number of morpholine rings is 1. The number of benzene rings is 1. The summed E-state index contributed by atoms with van der Waals surface area (Å²) < 4.78 is 24.8. The fraction of sp³-hybridized carbons (Fsp3) is 0.696. The first-order valence-electron chi connectivity index (χ1n) is 11.0. The highest BCUT2D eigenvalue weighted by atomic mass is 19.1. The zero-order chi connectivity index (χ0) is 21.9. The topological polar surface area (TPSA) is 68.0 Å². The molecule has 7 heteroatoms. The van der Waals surface area contributed by atoms with Gasteiger partial charge in [-0.25, -0.2) is 9.18 Å². The predicted octanol–water partition coefficient (Wildman–Crippen LogP) is 3.43. The number of amides is 1. The number of hydrogen-bond acceptors (Lipinski definition) is 5. The van der Waals surface area contributed by atoms with Crippen molar-refractivity contribution in [2.45, 2.75) is 52.7 Å². The maximum absolute atomic E-state index is 13.8. The van der Waals surface area contributed by atoms with Gasteiger partial charge in [0.25, 0.3) is 0 Å². The molecule has 1 saturated heterocycles. The molecule has 1 aromatic carbocycles. The number of rotatable bonds is 7.